The topological polar surface area (TPSA) is 73.3 Å². The second-order valence-electron chi connectivity index (χ2n) is 3.57. The monoisotopic (exact) mass is 297 g/mol. The predicted octanol–water partition coefficient (Wildman–Crippen LogP) is 2.82. The SMILES string of the molecule is CCOC(=O)Nc1nnc(COc2ccccc2F)s1. The fourth-order valence-electron chi connectivity index (χ4n) is 1.32. The van der Waals surface area contributed by atoms with Gasteiger partial charge < -0.3 is 9.47 Å². The molecule has 1 N–H and O–H groups in total. The number of carbonyl (C=O) groups is 1. The summed E-state index contributed by atoms with van der Waals surface area (Å²) in [5, 5.41) is 10.8. The number of carbonyl (C=O) groups excluding carboxylic acids is 1. The minimum Gasteiger partial charge on any atom is -0.483 e. The van der Waals surface area contributed by atoms with Gasteiger partial charge in [-0.1, -0.05) is 23.5 Å². The molecule has 106 valence electrons. The maximum absolute atomic E-state index is 13.3. The number of rotatable bonds is 5. The van der Waals surface area contributed by atoms with E-state index in [9.17, 15) is 9.18 Å². The Labute approximate surface area is 118 Å². The largest absolute Gasteiger partial charge is 0.483 e. The van der Waals surface area contributed by atoms with Crippen LogP contribution in [0.1, 0.15) is 11.9 Å². The summed E-state index contributed by atoms with van der Waals surface area (Å²) in [6.45, 7) is 2.05. The van der Waals surface area contributed by atoms with Crippen molar-refractivity contribution in [2.75, 3.05) is 11.9 Å². The Morgan fingerprint density at radius 3 is 2.95 bits per heavy atom. The van der Waals surface area contributed by atoms with Crippen LogP contribution in [0.25, 0.3) is 0 Å². The van der Waals surface area contributed by atoms with Crippen molar-refractivity contribution >= 4 is 22.6 Å². The third kappa shape index (κ3) is 3.89. The lowest BCUT2D eigenvalue weighted by atomic mass is 10.3. The van der Waals surface area contributed by atoms with Crippen LogP contribution in [0.3, 0.4) is 0 Å². The highest BCUT2D eigenvalue weighted by molar-refractivity contribution is 7.15. The molecule has 0 atom stereocenters. The molecule has 0 unspecified atom stereocenters. The van der Waals surface area contributed by atoms with E-state index in [0.717, 1.165) is 11.3 Å². The van der Waals surface area contributed by atoms with Gasteiger partial charge in [0.05, 0.1) is 6.61 Å². The zero-order valence-corrected chi connectivity index (χ0v) is 11.4. The molecule has 0 saturated heterocycles. The van der Waals surface area contributed by atoms with E-state index >= 15 is 0 Å². The van der Waals surface area contributed by atoms with Crippen molar-refractivity contribution in [2.24, 2.45) is 0 Å². The molecule has 1 amide bonds. The van der Waals surface area contributed by atoms with Crippen molar-refractivity contribution in [1.82, 2.24) is 10.2 Å². The Balaban J connectivity index is 1.90. The van der Waals surface area contributed by atoms with E-state index in [2.05, 4.69) is 15.5 Å². The molecule has 1 heterocycles. The summed E-state index contributed by atoms with van der Waals surface area (Å²) in [4.78, 5) is 11.2. The maximum Gasteiger partial charge on any atom is 0.413 e. The minimum atomic E-state index is -0.592. The van der Waals surface area contributed by atoms with Crippen LogP contribution >= 0.6 is 11.3 Å². The third-order valence-corrected chi connectivity index (χ3v) is 2.95. The molecule has 0 radical (unpaired) electrons. The summed E-state index contributed by atoms with van der Waals surface area (Å²) in [6.07, 6.45) is -0.592. The van der Waals surface area contributed by atoms with Gasteiger partial charge in [-0.2, -0.15) is 0 Å². The molecule has 6 nitrogen and oxygen atoms in total. The lowest BCUT2D eigenvalue weighted by Gasteiger charge is -2.03. The highest BCUT2D eigenvalue weighted by Crippen LogP contribution is 2.20. The average Bonchev–Trinajstić information content (AvgIpc) is 2.85. The van der Waals surface area contributed by atoms with Crippen molar-refractivity contribution < 1.29 is 18.7 Å². The van der Waals surface area contributed by atoms with E-state index in [1.165, 1.54) is 12.1 Å². The first-order valence-corrected chi connectivity index (χ1v) is 6.64. The quantitative estimate of drug-likeness (QED) is 0.918. The summed E-state index contributed by atoms with van der Waals surface area (Å²) in [5.41, 5.74) is 0. The molecule has 0 saturated carbocycles. The van der Waals surface area contributed by atoms with Crippen LogP contribution in [0.15, 0.2) is 24.3 Å². The summed E-state index contributed by atoms with van der Waals surface area (Å²) in [5.74, 6) is -0.301. The summed E-state index contributed by atoms with van der Waals surface area (Å²) in [6, 6.07) is 6.08. The van der Waals surface area contributed by atoms with Gasteiger partial charge >= 0.3 is 6.09 Å². The zero-order valence-electron chi connectivity index (χ0n) is 10.6. The molecule has 2 rings (SSSR count). The molecule has 1 aromatic carbocycles. The standard InChI is InChI=1S/C12H12FN3O3S/c1-2-18-12(17)14-11-16-15-10(20-11)7-19-9-6-4-3-5-8(9)13/h3-6H,2,7H2,1H3,(H,14,16,17). The number of halogens is 1. The lowest BCUT2D eigenvalue weighted by Crippen LogP contribution is -2.12. The van der Waals surface area contributed by atoms with E-state index in [4.69, 9.17) is 9.47 Å². The Bertz CT molecular complexity index is 591. The lowest BCUT2D eigenvalue weighted by molar-refractivity contribution is 0.168. The number of hydrogen-bond donors (Lipinski definition) is 1. The van der Waals surface area contributed by atoms with E-state index in [1.54, 1.807) is 19.1 Å². The van der Waals surface area contributed by atoms with Crippen LogP contribution in [0.2, 0.25) is 0 Å². The van der Waals surface area contributed by atoms with Gasteiger partial charge in [0.1, 0.15) is 6.61 Å². The number of para-hydroxylation sites is 1. The summed E-state index contributed by atoms with van der Waals surface area (Å²) in [7, 11) is 0. The number of nitrogens with one attached hydrogen (secondary N) is 1. The molecule has 0 spiro atoms. The molecule has 0 fully saturated rings. The molecule has 0 aliphatic carbocycles. The second-order valence-corrected chi connectivity index (χ2v) is 4.63. The number of amides is 1. The molecule has 0 aliphatic heterocycles. The maximum atomic E-state index is 13.3. The van der Waals surface area contributed by atoms with Crippen LogP contribution in [0, 0.1) is 5.82 Å². The molecule has 0 bridgehead atoms. The molecular formula is C12H12FN3O3S. The van der Waals surface area contributed by atoms with Crippen LogP contribution < -0.4 is 10.1 Å². The Kier molecular flexibility index (Phi) is 4.83. The van der Waals surface area contributed by atoms with Crippen molar-refractivity contribution in [3.05, 3.63) is 35.1 Å². The van der Waals surface area contributed by atoms with Gasteiger partial charge in [-0.05, 0) is 19.1 Å². The van der Waals surface area contributed by atoms with E-state index in [0.29, 0.717) is 10.1 Å². The van der Waals surface area contributed by atoms with Gasteiger partial charge in [-0.15, -0.1) is 10.2 Å². The van der Waals surface area contributed by atoms with Crippen LogP contribution in [0.4, 0.5) is 14.3 Å². The Hall–Kier alpha value is -2.22. The van der Waals surface area contributed by atoms with Crippen molar-refractivity contribution in [1.29, 1.82) is 0 Å². The smallest absolute Gasteiger partial charge is 0.413 e. The number of anilines is 1. The zero-order chi connectivity index (χ0) is 14.4. The first kappa shape index (κ1) is 14.2. The number of nitrogens with zero attached hydrogens (tertiary/aromatic N) is 2. The fourth-order valence-corrected chi connectivity index (χ4v) is 1.96. The molecule has 8 heteroatoms. The fraction of sp³-hybridized carbons (Fsp3) is 0.250. The number of ether oxygens (including phenoxy) is 2. The van der Waals surface area contributed by atoms with E-state index in [-0.39, 0.29) is 19.0 Å². The molecule has 2 aromatic rings. The van der Waals surface area contributed by atoms with Crippen molar-refractivity contribution in [3.63, 3.8) is 0 Å². The second kappa shape index (κ2) is 6.80. The van der Waals surface area contributed by atoms with Crippen LogP contribution in [-0.4, -0.2) is 22.9 Å². The average molecular weight is 297 g/mol. The van der Waals surface area contributed by atoms with Crippen LogP contribution in [0.5, 0.6) is 5.75 Å². The van der Waals surface area contributed by atoms with Gasteiger partial charge in [0, 0.05) is 0 Å². The number of aromatic nitrogens is 2. The van der Waals surface area contributed by atoms with Crippen LogP contribution in [-0.2, 0) is 11.3 Å². The Morgan fingerprint density at radius 1 is 1.40 bits per heavy atom. The predicted molar refractivity (Wildman–Crippen MR) is 71.3 cm³/mol. The Morgan fingerprint density at radius 2 is 2.20 bits per heavy atom. The molecule has 0 aliphatic rings. The minimum absolute atomic E-state index is 0.0725. The van der Waals surface area contributed by atoms with Crippen molar-refractivity contribution in [3.8, 4) is 5.75 Å². The third-order valence-electron chi connectivity index (χ3n) is 2.14. The molecular weight excluding hydrogens is 285 g/mol. The molecule has 1 aromatic heterocycles. The molecule has 20 heavy (non-hydrogen) atoms. The van der Waals surface area contributed by atoms with Gasteiger partial charge in [0.15, 0.2) is 16.6 Å². The first-order valence-electron chi connectivity index (χ1n) is 5.82. The van der Waals surface area contributed by atoms with Gasteiger partial charge in [0.25, 0.3) is 0 Å². The van der Waals surface area contributed by atoms with Gasteiger partial charge in [-0.3, -0.25) is 5.32 Å². The first-order chi connectivity index (χ1) is 9.69. The number of hydrogen-bond acceptors (Lipinski definition) is 6. The normalized spacial score (nSPS) is 10.1. The van der Waals surface area contributed by atoms with Gasteiger partial charge in [0.2, 0.25) is 5.13 Å². The highest BCUT2D eigenvalue weighted by Gasteiger charge is 2.09. The van der Waals surface area contributed by atoms with E-state index < -0.39 is 11.9 Å². The summed E-state index contributed by atoms with van der Waals surface area (Å²) >= 11 is 1.13. The number of benzene rings is 1. The van der Waals surface area contributed by atoms with E-state index in [1.807, 2.05) is 0 Å². The highest BCUT2D eigenvalue weighted by atomic mass is 32.1. The van der Waals surface area contributed by atoms with Gasteiger partial charge in [-0.25, -0.2) is 9.18 Å². The van der Waals surface area contributed by atoms with Crippen molar-refractivity contribution in [2.45, 2.75) is 13.5 Å². The summed E-state index contributed by atoms with van der Waals surface area (Å²) < 4.78 is 23.3.